The Hall–Kier alpha value is -3.76. The topological polar surface area (TPSA) is 121 Å². The summed E-state index contributed by atoms with van der Waals surface area (Å²) in [5, 5.41) is 12.5. The van der Waals surface area contributed by atoms with Gasteiger partial charge in [0.15, 0.2) is 0 Å². The van der Waals surface area contributed by atoms with Gasteiger partial charge in [0.25, 0.3) is 0 Å². The number of carbonyl (C=O) groups excluding carboxylic acids is 2. The van der Waals surface area contributed by atoms with Crippen molar-refractivity contribution in [3.05, 3.63) is 77.5 Å². The molecule has 0 unspecified atom stereocenters. The fourth-order valence-corrected chi connectivity index (χ4v) is 4.07. The second-order valence-electron chi connectivity index (χ2n) is 8.72. The lowest BCUT2D eigenvalue weighted by Crippen LogP contribution is -2.34. The van der Waals surface area contributed by atoms with E-state index >= 15 is 0 Å². The van der Waals surface area contributed by atoms with E-state index in [1.165, 1.54) is 18.3 Å². The van der Waals surface area contributed by atoms with Gasteiger partial charge in [-0.3, -0.25) is 9.59 Å². The third-order valence-electron chi connectivity index (χ3n) is 5.89. The van der Waals surface area contributed by atoms with Gasteiger partial charge in [-0.1, -0.05) is 0 Å². The third-order valence-corrected chi connectivity index (χ3v) is 5.89. The van der Waals surface area contributed by atoms with Gasteiger partial charge in [0.2, 0.25) is 11.8 Å². The Labute approximate surface area is 219 Å². The molecule has 0 aliphatic carbocycles. The number of nitrogens with two attached hydrogens (primary N) is 1. The Morgan fingerprint density at radius 1 is 1.00 bits per heavy atom. The molecule has 1 saturated heterocycles. The molecule has 11 heteroatoms. The molecule has 196 valence electrons. The second-order valence-corrected chi connectivity index (χ2v) is 8.72. The summed E-state index contributed by atoms with van der Waals surface area (Å²) < 4.78 is 27.1. The van der Waals surface area contributed by atoms with Crippen LogP contribution in [0.2, 0.25) is 0 Å². The summed E-state index contributed by atoms with van der Waals surface area (Å²) >= 11 is 0. The molecule has 1 aromatic heterocycles. The van der Waals surface area contributed by atoms with Crippen LogP contribution < -0.4 is 27.0 Å². The minimum absolute atomic E-state index is 0. The summed E-state index contributed by atoms with van der Waals surface area (Å²) in [4.78, 5) is 28.3. The van der Waals surface area contributed by atoms with Crippen LogP contribution in [0.15, 0.2) is 54.7 Å². The minimum atomic E-state index is -0.670. The number of carbonyl (C=O) groups is 2. The van der Waals surface area contributed by atoms with Gasteiger partial charge < -0.3 is 27.0 Å². The van der Waals surface area contributed by atoms with Gasteiger partial charge in [-0.25, -0.2) is 13.8 Å². The Kier molecular flexibility index (Phi) is 9.76. The van der Waals surface area contributed by atoms with Crippen LogP contribution in [0.25, 0.3) is 0 Å². The average molecular weight is 531 g/mol. The first-order chi connectivity index (χ1) is 17.4. The molecule has 0 saturated carbocycles. The van der Waals surface area contributed by atoms with E-state index in [1.54, 1.807) is 18.2 Å². The molecule has 4 rings (SSSR count). The van der Waals surface area contributed by atoms with Gasteiger partial charge in [-0.05, 0) is 67.9 Å². The second kappa shape index (κ2) is 13.0. The molecule has 6 N–H and O–H groups in total. The smallest absolute Gasteiger partial charge is 0.227 e. The lowest BCUT2D eigenvalue weighted by Gasteiger charge is -2.21. The average Bonchev–Trinajstić information content (AvgIpc) is 2.85. The number of nitrogens with one attached hydrogen (secondary N) is 4. The highest BCUT2D eigenvalue weighted by Crippen LogP contribution is 2.24. The number of benzene rings is 2. The first-order valence-electron chi connectivity index (χ1n) is 11.7. The normalized spacial score (nSPS) is 13.4. The monoisotopic (exact) mass is 530 g/mol. The van der Waals surface area contributed by atoms with Crippen LogP contribution in [0.1, 0.15) is 24.0 Å². The van der Waals surface area contributed by atoms with Gasteiger partial charge in [0.1, 0.15) is 17.5 Å². The Bertz CT molecular complexity index is 1220. The SMILES string of the molecule is Cl.NC(=O)Cc1cnc(Nc2ccc(NC(=O)C3CCNCC3)cc2)cc1NCc1cc(F)cc(F)c1. The number of rotatable bonds is 9. The number of piperidine rings is 1. The van der Waals surface area contributed by atoms with Crippen molar-refractivity contribution in [3.63, 3.8) is 0 Å². The molecule has 0 spiro atoms. The first-order valence-corrected chi connectivity index (χ1v) is 11.7. The summed E-state index contributed by atoms with van der Waals surface area (Å²) in [5.41, 5.74) is 8.32. The van der Waals surface area contributed by atoms with E-state index < -0.39 is 17.5 Å². The van der Waals surface area contributed by atoms with Crippen LogP contribution in [-0.2, 0) is 22.6 Å². The van der Waals surface area contributed by atoms with Gasteiger partial charge in [-0.15, -0.1) is 12.4 Å². The van der Waals surface area contributed by atoms with Crippen LogP contribution in [0.5, 0.6) is 0 Å². The van der Waals surface area contributed by atoms with Crippen molar-refractivity contribution >= 4 is 47.1 Å². The quantitative estimate of drug-likeness (QED) is 0.284. The van der Waals surface area contributed by atoms with Crippen molar-refractivity contribution in [2.45, 2.75) is 25.8 Å². The van der Waals surface area contributed by atoms with Crippen molar-refractivity contribution < 1.29 is 18.4 Å². The predicted octanol–water partition coefficient (Wildman–Crippen LogP) is 4.10. The number of aromatic nitrogens is 1. The molecule has 0 atom stereocenters. The molecule has 1 fully saturated rings. The number of halogens is 3. The number of primary amides is 1. The van der Waals surface area contributed by atoms with Gasteiger partial charge in [0, 0.05) is 53.4 Å². The molecule has 2 heterocycles. The molecule has 0 radical (unpaired) electrons. The summed E-state index contributed by atoms with van der Waals surface area (Å²) in [6, 6.07) is 12.2. The number of nitrogens with zero attached hydrogens (tertiary/aromatic N) is 1. The van der Waals surface area contributed by atoms with Crippen molar-refractivity contribution in [2.75, 3.05) is 29.0 Å². The predicted molar refractivity (Wildman–Crippen MR) is 142 cm³/mol. The molecular weight excluding hydrogens is 502 g/mol. The molecule has 2 aromatic carbocycles. The molecule has 3 aromatic rings. The number of pyridine rings is 1. The van der Waals surface area contributed by atoms with Crippen LogP contribution in [0.4, 0.5) is 31.7 Å². The van der Waals surface area contributed by atoms with E-state index in [4.69, 9.17) is 5.73 Å². The summed E-state index contributed by atoms with van der Waals surface area (Å²) in [5.74, 6) is -1.34. The van der Waals surface area contributed by atoms with Gasteiger partial charge >= 0.3 is 0 Å². The lowest BCUT2D eigenvalue weighted by molar-refractivity contribution is -0.120. The lowest BCUT2D eigenvalue weighted by atomic mass is 9.97. The van der Waals surface area contributed by atoms with Crippen molar-refractivity contribution in [1.82, 2.24) is 10.3 Å². The number of anilines is 4. The highest BCUT2D eigenvalue weighted by Gasteiger charge is 2.20. The zero-order valence-corrected chi connectivity index (χ0v) is 20.8. The van der Waals surface area contributed by atoms with Crippen LogP contribution >= 0.6 is 12.4 Å². The van der Waals surface area contributed by atoms with E-state index in [2.05, 4.69) is 26.3 Å². The van der Waals surface area contributed by atoms with E-state index in [0.717, 1.165) is 37.7 Å². The van der Waals surface area contributed by atoms with E-state index in [-0.39, 0.29) is 37.2 Å². The maximum absolute atomic E-state index is 13.5. The Morgan fingerprint density at radius 2 is 1.65 bits per heavy atom. The molecule has 1 aliphatic rings. The van der Waals surface area contributed by atoms with Crippen LogP contribution in [-0.4, -0.2) is 29.9 Å². The molecule has 2 amide bonds. The molecular formula is C26H29ClF2N6O2. The van der Waals surface area contributed by atoms with Crippen molar-refractivity contribution in [2.24, 2.45) is 11.7 Å². The summed E-state index contributed by atoms with van der Waals surface area (Å²) in [6.45, 7) is 1.83. The fraction of sp³-hybridized carbons (Fsp3) is 0.269. The Balaban J connectivity index is 0.00000380. The number of amides is 2. The molecule has 0 bridgehead atoms. The standard InChI is InChI=1S/C26H28F2N6O2.ClH/c27-19-9-16(10-20(28)12-19)14-31-23-13-25(32-15-18(23)11-24(29)35)33-21-1-3-22(4-2-21)34-26(36)17-5-7-30-8-6-17;/h1-4,9-10,12-13,15,17,30H,5-8,11,14H2,(H2,29,35)(H,34,36)(H2,31,32,33);1H. The summed E-state index contributed by atoms with van der Waals surface area (Å²) in [6.07, 6.45) is 3.13. The third kappa shape index (κ3) is 8.12. The zero-order valence-electron chi connectivity index (χ0n) is 20.0. The van der Waals surface area contributed by atoms with Gasteiger partial charge in [-0.2, -0.15) is 0 Å². The molecule has 37 heavy (non-hydrogen) atoms. The molecule has 1 aliphatic heterocycles. The van der Waals surface area contributed by atoms with Crippen LogP contribution in [0.3, 0.4) is 0 Å². The molecule has 8 nitrogen and oxygen atoms in total. The highest BCUT2D eigenvalue weighted by molar-refractivity contribution is 5.92. The maximum atomic E-state index is 13.5. The van der Waals surface area contributed by atoms with Crippen molar-refractivity contribution in [3.8, 4) is 0 Å². The highest BCUT2D eigenvalue weighted by atomic mass is 35.5. The number of hydrogen-bond acceptors (Lipinski definition) is 6. The Morgan fingerprint density at radius 3 is 2.30 bits per heavy atom. The maximum Gasteiger partial charge on any atom is 0.227 e. The van der Waals surface area contributed by atoms with Crippen LogP contribution in [0, 0.1) is 17.6 Å². The van der Waals surface area contributed by atoms with E-state index in [1.807, 2.05) is 12.1 Å². The largest absolute Gasteiger partial charge is 0.381 e. The van der Waals surface area contributed by atoms with E-state index in [9.17, 15) is 18.4 Å². The van der Waals surface area contributed by atoms with Crippen molar-refractivity contribution in [1.29, 1.82) is 0 Å². The zero-order chi connectivity index (χ0) is 25.5. The first kappa shape index (κ1) is 27.8. The summed E-state index contributed by atoms with van der Waals surface area (Å²) in [7, 11) is 0. The fourth-order valence-electron chi connectivity index (χ4n) is 4.07. The van der Waals surface area contributed by atoms with E-state index in [0.29, 0.717) is 28.3 Å². The van der Waals surface area contributed by atoms with Gasteiger partial charge in [0.05, 0.1) is 6.42 Å². The number of hydrogen-bond donors (Lipinski definition) is 5. The minimum Gasteiger partial charge on any atom is -0.381 e.